The molecule has 2 atom stereocenters. The number of carbonyl (C=O) groups is 1. The molecule has 2 unspecified atom stereocenters. The van der Waals surface area contributed by atoms with Crippen molar-refractivity contribution >= 4 is 17.3 Å². The fourth-order valence-corrected chi connectivity index (χ4v) is 2.88. The highest BCUT2D eigenvalue weighted by Gasteiger charge is 2.29. The SMILES string of the molecule is CC1CCCN(C(=O)c2ccc(N(C)C)c(N)c2)C1C. The predicted octanol–water partition coefficient (Wildman–Crippen LogP) is 2.60. The number of hydrogen-bond donors (Lipinski definition) is 1. The van der Waals surface area contributed by atoms with Gasteiger partial charge in [-0.05, 0) is 43.9 Å². The molecule has 0 aromatic heterocycles. The minimum absolute atomic E-state index is 0.0982. The fourth-order valence-electron chi connectivity index (χ4n) is 2.88. The number of nitrogen functional groups attached to an aromatic ring is 1. The zero-order valence-corrected chi connectivity index (χ0v) is 12.9. The Hall–Kier alpha value is -1.71. The van der Waals surface area contributed by atoms with Crippen LogP contribution in [0.3, 0.4) is 0 Å². The van der Waals surface area contributed by atoms with Gasteiger partial charge >= 0.3 is 0 Å². The normalized spacial score (nSPS) is 22.7. The fraction of sp³-hybridized carbons (Fsp3) is 0.562. The van der Waals surface area contributed by atoms with E-state index in [2.05, 4.69) is 13.8 Å². The largest absolute Gasteiger partial charge is 0.397 e. The Kier molecular flexibility index (Phi) is 4.21. The highest BCUT2D eigenvalue weighted by molar-refractivity contribution is 5.96. The average Bonchev–Trinajstić information content (AvgIpc) is 2.40. The standard InChI is InChI=1S/C16H25N3O/c1-11-6-5-9-19(12(11)2)16(20)13-7-8-15(18(3)4)14(17)10-13/h7-8,10-12H,5-6,9,17H2,1-4H3. The first-order valence-corrected chi connectivity index (χ1v) is 7.29. The summed E-state index contributed by atoms with van der Waals surface area (Å²) in [5.74, 6) is 0.659. The lowest BCUT2D eigenvalue weighted by atomic mass is 9.91. The lowest BCUT2D eigenvalue weighted by Gasteiger charge is -2.38. The van der Waals surface area contributed by atoms with Crippen LogP contribution < -0.4 is 10.6 Å². The van der Waals surface area contributed by atoms with Gasteiger partial charge in [0.2, 0.25) is 0 Å². The zero-order valence-electron chi connectivity index (χ0n) is 12.9. The summed E-state index contributed by atoms with van der Waals surface area (Å²) in [5.41, 5.74) is 8.33. The predicted molar refractivity (Wildman–Crippen MR) is 84.1 cm³/mol. The van der Waals surface area contributed by atoms with Crippen LogP contribution in [0.15, 0.2) is 18.2 Å². The number of nitrogens with zero attached hydrogens (tertiary/aromatic N) is 2. The number of rotatable bonds is 2. The van der Waals surface area contributed by atoms with Gasteiger partial charge in [0.25, 0.3) is 5.91 Å². The minimum Gasteiger partial charge on any atom is -0.397 e. The summed E-state index contributed by atoms with van der Waals surface area (Å²) in [7, 11) is 3.89. The molecule has 0 spiro atoms. The van der Waals surface area contributed by atoms with Crippen molar-refractivity contribution in [1.82, 2.24) is 4.90 Å². The van der Waals surface area contributed by atoms with Gasteiger partial charge in [-0.1, -0.05) is 6.92 Å². The Balaban J connectivity index is 2.23. The Morgan fingerprint density at radius 1 is 1.35 bits per heavy atom. The lowest BCUT2D eigenvalue weighted by Crippen LogP contribution is -2.46. The average molecular weight is 275 g/mol. The van der Waals surface area contributed by atoms with E-state index in [4.69, 9.17) is 5.73 Å². The van der Waals surface area contributed by atoms with Crippen LogP contribution in [0, 0.1) is 5.92 Å². The lowest BCUT2D eigenvalue weighted by molar-refractivity contribution is 0.0551. The molecule has 1 aliphatic heterocycles. The molecule has 1 heterocycles. The van der Waals surface area contributed by atoms with Gasteiger partial charge in [0.15, 0.2) is 0 Å². The molecule has 4 nitrogen and oxygen atoms in total. The third kappa shape index (κ3) is 2.74. The molecule has 1 aromatic rings. The van der Waals surface area contributed by atoms with E-state index in [0.29, 0.717) is 23.2 Å². The maximum Gasteiger partial charge on any atom is 0.254 e. The van der Waals surface area contributed by atoms with Gasteiger partial charge in [-0.25, -0.2) is 0 Å². The molecule has 1 aliphatic rings. The molecule has 1 fully saturated rings. The second kappa shape index (κ2) is 5.73. The summed E-state index contributed by atoms with van der Waals surface area (Å²) in [6.45, 7) is 5.20. The Morgan fingerprint density at radius 2 is 2.05 bits per heavy atom. The highest BCUT2D eigenvalue weighted by Crippen LogP contribution is 2.27. The van der Waals surface area contributed by atoms with Crippen molar-refractivity contribution in [3.05, 3.63) is 23.8 Å². The summed E-state index contributed by atoms with van der Waals surface area (Å²) in [4.78, 5) is 16.6. The molecule has 1 aromatic carbocycles. The molecule has 20 heavy (non-hydrogen) atoms. The molecule has 0 bridgehead atoms. The van der Waals surface area contributed by atoms with Crippen molar-refractivity contribution in [2.75, 3.05) is 31.3 Å². The summed E-state index contributed by atoms with van der Waals surface area (Å²) in [5, 5.41) is 0. The summed E-state index contributed by atoms with van der Waals surface area (Å²) in [6, 6.07) is 5.88. The second-order valence-electron chi connectivity index (χ2n) is 6.03. The van der Waals surface area contributed by atoms with Gasteiger partial charge in [-0.3, -0.25) is 4.79 Å². The molecule has 0 radical (unpaired) electrons. The van der Waals surface area contributed by atoms with Crippen LogP contribution >= 0.6 is 0 Å². The number of piperidine rings is 1. The van der Waals surface area contributed by atoms with Gasteiger partial charge in [-0.15, -0.1) is 0 Å². The molecule has 1 amide bonds. The van der Waals surface area contributed by atoms with Crippen LogP contribution in [0.4, 0.5) is 11.4 Å². The number of anilines is 2. The van der Waals surface area contributed by atoms with Crippen LogP contribution in [0.25, 0.3) is 0 Å². The maximum absolute atomic E-state index is 12.6. The van der Waals surface area contributed by atoms with Gasteiger partial charge in [-0.2, -0.15) is 0 Å². The van der Waals surface area contributed by atoms with Crippen LogP contribution in [0.2, 0.25) is 0 Å². The van der Waals surface area contributed by atoms with Crippen molar-refractivity contribution < 1.29 is 4.79 Å². The van der Waals surface area contributed by atoms with Crippen LogP contribution in [-0.4, -0.2) is 37.5 Å². The molecule has 110 valence electrons. The molecule has 4 heteroatoms. The molecular formula is C16H25N3O. The second-order valence-corrected chi connectivity index (χ2v) is 6.03. The first-order valence-electron chi connectivity index (χ1n) is 7.29. The van der Waals surface area contributed by atoms with E-state index in [1.807, 2.05) is 36.0 Å². The van der Waals surface area contributed by atoms with Crippen molar-refractivity contribution in [3.8, 4) is 0 Å². The molecule has 0 saturated carbocycles. The third-order valence-corrected chi connectivity index (χ3v) is 4.39. The maximum atomic E-state index is 12.6. The van der Waals surface area contributed by atoms with Crippen molar-refractivity contribution in [2.24, 2.45) is 5.92 Å². The number of benzene rings is 1. The summed E-state index contributed by atoms with van der Waals surface area (Å²) < 4.78 is 0. The van der Waals surface area contributed by atoms with Crippen molar-refractivity contribution in [1.29, 1.82) is 0 Å². The van der Waals surface area contributed by atoms with E-state index in [-0.39, 0.29) is 5.91 Å². The van der Waals surface area contributed by atoms with E-state index in [0.717, 1.165) is 18.7 Å². The number of amides is 1. The zero-order chi connectivity index (χ0) is 14.9. The summed E-state index contributed by atoms with van der Waals surface area (Å²) >= 11 is 0. The van der Waals surface area contributed by atoms with E-state index < -0.39 is 0 Å². The van der Waals surface area contributed by atoms with E-state index >= 15 is 0 Å². The third-order valence-electron chi connectivity index (χ3n) is 4.39. The topological polar surface area (TPSA) is 49.6 Å². The minimum atomic E-state index is 0.0982. The molecule has 0 aliphatic carbocycles. The van der Waals surface area contributed by atoms with E-state index in [9.17, 15) is 4.79 Å². The van der Waals surface area contributed by atoms with Crippen LogP contribution in [0.5, 0.6) is 0 Å². The van der Waals surface area contributed by atoms with E-state index in [1.54, 1.807) is 6.07 Å². The molecular weight excluding hydrogens is 250 g/mol. The smallest absolute Gasteiger partial charge is 0.254 e. The highest BCUT2D eigenvalue weighted by atomic mass is 16.2. The van der Waals surface area contributed by atoms with Crippen molar-refractivity contribution in [3.63, 3.8) is 0 Å². The van der Waals surface area contributed by atoms with E-state index in [1.165, 1.54) is 6.42 Å². The molecule has 2 N–H and O–H groups in total. The van der Waals surface area contributed by atoms with Gasteiger partial charge in [0, 0.05) is 32.2 Å². The van der Waals surface area contributed by atoms with Crippen LogP contribution in [0.1, 0.15) is 37.0 Å². The van der Waals surface area contributed by atoms with Gasteiger partial charge < -0.3 is 15.5 Å². The Morgan fingerprint density at radius 3 is 2.65 bits per heavy atom. The van der Waals surface area contributed by atoms with Gasteiger partial charge in [0.1, 0.15) is 0 Å². The first kappa shape index (κ1) is 14.7. The monoisotopic (exact) mass is 275 g/mol. The number of carbonyl (C=O) groups excluding carboxylic acids is 1. The molecule has 2 rings (SSSR count). The van der Waals surface area contributed by atoms with Crippen molar-refractivity contribution in [2.45, 2.75) is 32.7 Å². The Labute approximate surface area is 121 Å². The van der Waals surface area contributed by atoms with Crippen LogP contribution in [-0.2, 0) is 0 Å². The first-order chi connectivity index (χ1) is 9.41. The summed E-state index contributed by atoms with van der Waals surface area (Å²) in [6.07, 6.45) is 2.29. The molecule has 1 saturated heterocycles. The quantitative estimate of drug-likeness (QED) is 0.844. The number of hydrogen-bond acceptors (Lipinski definition) is 3. The van der Waals surface area contributed by atoms with Gasteiger partial charge in [0.05, 0.1) is 11.4 Å². The number of nitrogens with two attached hydrogens (primary N) is 1. The Bertz CT molecular complexity index is 498. The number of likely N-dealkylation sites (tertiary alicyclic amines) is 1.